The number of likely N-dealkylation sites (N-methyl/N-ethyl adjacent to an activating group) is 1. The topological polar surface area (TPSA) is 41.1 Å². The molecule has 1 atom stereocenters. The molecule has 0 aliphatic heterocycles. The molecule has 2 N–H and O–H groups in total. The van der Waals surface area contributed by atoms with E-state index in [1.807, 2.05) is 12.1 Å². The van der Waals surface area contributed by atoms with Gasteiger partial charge in [-0.1, -0.05) is 52.0 Å². The summed E-state index contributed by atoms with van der Waals surface area (Å²) in [6.45, 7) is 10.4. The van der Waals surface area contributed by atoms with Crippen LogP contribution in [-0.2, 0) is 17.6 Å². The van der Waals surface area contributed by atoms with Crippen LogP contribution in [0.25, 0.3) is 0 Å². The van der Waals surface area contributed by atoms with Crippen LogP contribution < -0.4 is 10.6 Å². The van der Waals surface area contributed by atoms with E-state index in [1.165, 1.54) is 5.56 Å². The minimum Gasteiger partial charge on any atom is -0.352 e. The van der Waals surface area contributed by atoms with Crippen molar-refractivity contribution in [1.29, 1.82) is 0 Å². The predicted octanol–water partition coefficient (Wildman–Crippen LogP) is 2.93. The molecular formula is C18H30N2O. The van der Waals surface area contributed by atoms with Gasteiger partial charge in [0.15, 0.2) is 0 Å². The lowest BCUT2D eigenvalue weighted by Crippen LogP contribution is -2.43. The lowest BCUT2D eigenvalue weighted by molar-refractivity contribution is -0.121. The minimum absolute atomic E-state index is 0.124. The molecule has 118 valence electrons. The standard InChI is InChI=1S/C18H30N2O/c1-5-15-9-7-8-10-16(15)12-18(21)20-17(11-14(3)4)13-19-6-2/h7-10,14,17,19H,5-6,11-13H2,1-4H3,(H,20,21). The van der Waals surface area contributed by atoms with Crippen LogP contribution in [0.2, 0.25) is 0 Å². The van der Waals surface area contributed by atoms with Gasteiger partial charge in [0.05, 0.1) is 6.42 Å². The van der Waals surface area contributed by atoms with Gasteiger partial charge >= 0.3 is 0 Å². The highest BCUT2D eigenvalue weighted by molar-refractivity contribution is 5.79. The molecule has 1 rings (SSSR count). The Kier molecular flexibility index (Phi) is 8.06. The number of nitrogens with one attached hydrogen (secondary N) is 2. The van der Waals surface area contributed by atoms with Gasteiger partial charge in [-0.3, -0.25) is 4.79 Å². The monoisotopic (exact) mass is 290 g/mol. The van der Waals surface area contributed by atoms with E-state index in [-0.39, 0.29) is 11.9 Å². The average Bonchev–Trinajstić information content (AvgIpc) is 2.44. The first-order valence-electron chi connectivity index (χ1n) is 8.13. The summed E-state index contributed by atoms with van der Waals surface area (Å²) in [5, 5.41) is 6.51. The van der Waals surface area contributed by atoms with Gasteiger partial charge in [-0.05, 0) is 36.4 Å². The lowest BCUT2D eigenvalue weighted by atomic mass is 10.0. The molecule has 1 aromatic carbocycles. The zero-order valence-corrected chi connectivity index (χ0v) is 13.9. The van der Waals surface area contributed by atoms with Gasteiger partial charge in [-0.15, -0.1) is 0 Å². The van der Waals surface area contributed by atoms with Crippen molar-refractivity contribution in [3.05, 3.63) is 35.4 Å². The molecule has 0 fully saturated rings. The van der Waals surface area contributed by atoms with Gasteiger partial charge in [0.1, 0.15) is 0 Å². The van der Waals surface area contributed by atoms with Gasteiger partial charge in [0.2, 0.25) is 5.91 Å². The first-order chi connectivity index (χ1) is 10.1. The molecule has 0 aliphatic carbocycles. The summed E-state index contributed by atoms with van der Waals surface area (Å²) in [6.07, 6.45) is 2.45. The van der Waals surface area contributed by atoms with Crippen molar-refractivity contribution in [2.75, 3.05) is 13.1 Å². The summed E-state index contributed by atoms with van der Waals surface area (Å²) in [5.41, 5.74) is 2.41. The molecule has 21 heavy (non-hydrogen) atoms. The summed E-state index contributed by atoms with van der Waals surface area (Å²) in [4.78, 5) is 12.3. The zero-order valence-electron chi connectivity index (χ0n) is 13.9. The van der Waals surface area contributed by atoms with E-state index >= 15 is 0 Å². The van der Waals surface area contributed by atoms with Crippen molar-refractivity contribution in [3.63, 3.8) is 0 Å². The fraction of sp³-hybridized carbons (Fsp3) is 0.611. The Hall–Kier alpha value is -1.35. The Balaban J connectivity index is 2.60. The highest BCUT2D eigenvalue weighted by Crippen LogP contribution is 2.11. The molecule has 0 heterocycles. The molecule has 1 amide bonds. The maximum absolute atomic E-state index is 12.3. The van der Waals surface area contributed by atoms with E-state index in [4.69, 9.17) is 0 Å². The van der Waals surface area contributed by atoms with Gasteiger partial charge in [-0.25, -0.2) is 0 Å². The molecule has 0 spiro atoms. The number of hydrogen-bond acceptors (Lipinski definition) is 2. The van der Waals surface area contributed by atoms with E-state index in [0.717, 1.165) is 31.5 Å². The fourth-order valence-corrected chi connectivity index (χ4v) is 2.61. The molecule has 0 bridgehead atoms. The summed E-state index contributed by atoms with van der Waals surface area (Å²) < 4.78 is 0. The Morgan fingerprint density at radius 1 is 1.14 bits per heavy atom. The van der Waals surface area contributed by atoms with Crippen molar-refractivity contribution >= 4 is 5.91 Å². The molecular weight excluding hydrogens is 260 g/mol. The first kappa shape index (κ1) is 17.7. The molecule has 0 aliphatic rings. The number of carbonyl (C=O) groups excluding carboxylic acids is 1. The van der Waals surface area contributed by atoms with E-state index in [0.29, 0.717) is 12.3 Å². The Labute approximate surface area is 129 Å². The van der Waals surface area contributed by atoms with Crippen LogP contribution in [0.3, 0.4) is 0 Å². The quantitative estimate of drug-likeness (QED) is 0.734. The molecule has 1 unspecified atom stereocenters. The Morgan fingerprint density at radius 2 is 1.81 bits per heavy atom. The number of hydrogen-bond donors (Lipinski definition) is 2. The highest BCUT2D eigenvalue weighted by Gasteiger charge is 2.14. The lowest BCUT2D eigenvalue weighted by Gasteiger charge is -2.21. The summed E-state index contributed by atoms with van der Waals surface area (Å²) in [5.74, 6) is 0.705. The highest BCUT2D eigenvalue weighted by atomic mass is 16.1. The van der Waals surface area contributed by atoms with Crippen molar-refractivity contribution in [2.45, 2.75) is 53.0 Å². The van der Waals surface area contributed by atoms with Crippen LogP contribution in [0.5, 0.6) is 0 Å². The number of aryl methyl sites for hydroxylation is 1. The van der Waals surface area contributed by atoms with Gasteiger partial charge < -0.3 is 10.6 Å². The van der Waals surface area contributed by atoms with Crippen LogP contribution in [0.4, 0.5) is 0 Å². The van der Waals surface area contributed by atoms with Gasteiger partial charge in [0, 0.05) is 12.6 Å². The van der Waals surface area contributed by atoms with Crippen LogP contribution in [0.15, 0.2) is 24.3 Å². The Bertz CT molecular complexity index is 429. The third-order valence-corrected chi connectivity index (χ3v) is 3.61. The molecule has 0 saturated heterocycles. The second-order valence-corrected chi connectivity index (χ2v) is 6.00. The molecule has 3 nitrogen and oxygen atoms in total. The zero-order chi connectivity index (χ0) is 15.7. The van der Waals surface area contributed by atoms with Crippen LogP contribution in [-0.4, -0.2) is 25.0 Å². The minimum atomic E-state index is 0.124. The molecule has 3 heteroatoms. The number of rotatable bonds is 9. The second kappa shape index (κ2) is 9.56. The van der Waals surface area contributed by atoms with E-state index in [1.54, 1.807) is 0 Å². The third-order valence-electron chi connectivity index (χ3n) is 3.61. The van der Waals surface area contributed by atoms with Crippen molar-refractivity contribution in [1.82, 2.24) is 10.6 Å². The average molecular weight is 290 g/mol. The van der Waals surface area contributed by atoms with Crippen molar-refractivity contribution < 1.29 is 4.79 Å². The van der Waals surface area contributed by atoms with Crippen molar-refractivity contribution in [3.8, 4) is 0 Å². The van der Waals surface area contributed by atoms with Crippen LogP contribution >= 0.6 is 0 Å². The van der Waals surface area contributed by atoms with Crippen molar-refractivity contribution in [2.24, 2.45) is 5.92 Å². The molecule has 0 saturated carbocycles. The number of benzene rings is 1. The fourth-order valence-electron chi connectivity index (χ4n) is 2.61. The summed E-state index contributed by atoms with van der Waals surface area (Å²) >= 11 is 0. The third kappa shape index (κ3) is 6.76. The molecule has 0 radical (unpaired) electrons. The van der Waals surface area contributed by atoms with Crippen LogP contribution in [0.1, 0.15) is 45.2 Å². The number of amides is 1. The molecule has 0 aromatic heterocycles. The second-order valence-electron chi connectivity index (χ2n) is 6.00. The summed E-state index contributed by atoms with van der Waals surface area (Å²) in [6, 6.07) is 8.41. The predicted molar refractivity (Wildman–Crippen MR) is 89.5 cm³/mol. The number of carbonyl (C=O) groups is 1. The van der Waals surface area contributed by atoms with E-state index in [2.05, 4.69) is 50.5 Å². The van der Waals surface area contributed by atoms with Gasteiger partial charge in [-0.2, -0.15) is 0 Å². The smallest absolute Gasteiger partial charge is 0.224 e. The normalized spacial score (nSPS) is 12.4. The first-order valence-corrected chi connectivity index (χ1v) is 8.13. The Morgan fingerprint density at radius 3 is 2.38 bits per heavy atom. The maximum atomic E-state index is 12.3. The van der Waals surface area contributed by atoms with Gasteiger partial charge in [0.25, 0.3) is 0 Å². The van der Waals surface area contributed by atoms with E-state index in [9.17, 15) is 4.79 Å². The van der Waals surface area contributed by atoms with E-state index < -0.39 is 0 Å². The maximum Gasteiger partial charge on any atom is 0.224 e. The molecule has 1 aromatic rings. The SMILES string of the molecule is CCNCC(CC(C)C)NC(=O)Cc1ccccc1CC. The van der Waals surface area contributed by atoms with Crippen LogP contribution in [0, 0.1) is 5.92 Å². The summed E-state index contributed by atoms with van der Waals surface area (Å²) in [7, 11) is 0. The largest absolute Gasteiger partial charge is 0.352 e.